The monoisotopic (exact) mass is 390 g/mol. The predicted molar refractivity (Wildman–Crippen MR) is 99.4 cm³/mol. The summed E-state index contributed by atoms with van der Waals surface area (Å²) in [4.78, 5) is 15.6. The molecular formula is C17H14N2O5S2. The summed E-state index contributed by atoms with van der Waals surface area (Å²) in [6.45, 7) is 0. The third-order valence-corrected chi connectivity index (χ3v) is 5.42. The van der Waals surface area contributed by atoms with Crippen LogP contribution in [0.2, 0.25) is 0 Å². The number of aliphatic imine (C=N–C) groups is 1. The normalized spacial score (nSPS) is 15.8. The van der Waals surface area contributed by atoms with Crippen molar-refractivity contribution in [2.75, 3.05) is 7.11 Å². The van der Waals surface area contributed by atoms with Crippen LogP contribution in [0, 0.1) is 0 Å². The lowest BCUT2D eigenvalue weighted by Gasteiger charge is -2.08. The van der Waals surface area contributed by atoms with Gasteiger partial charge in [-0.15, -0.1) is 0 Å². The van der Waals surface area contributed by atoms with E-state index in [0.717, 1.165) is 11.8 Å². The van der Waals surface area contributed by atoms with Crippen LogP contribution in [0.15, 0.2) is 63.3 Å². The Morgan fingerprint density at radius 3 is 2.46 bits per heavy atom. The first-order valence-corrected chi connectivity index (χ1v) is 9.56. The van der Waals surface area contributed by atoms with Crippen LogP contribution < -0.4 is 14.7 Å². The van der Waals surface area contributed by atoms with Crippen LogP contribution in [0.3, 0.4) is 0 Å². The fourth-order valence-corrected chi connectivity index (χ4v) is 3.75. The number of carbonyl (C=O) groups is 1. The first-order chi connectivity index (χ1) is 12.4. The molecule has 1 heterocycles. The van der Waals surface area contributed by atoms with Crippen molar-refractivity contribution in [1.29, 1.82) is 0 Å². The minimum absolute atomic E-state index is 0.00441. The van der Waals surface area contributed by atoms with E-state index in [2.05, 4.69) is 4.99 Å². The molecule has 3 rings (SSSR count). The maximum absolute atomic E-state index is 12.4. The van der Waals surface area contributed by atoms with Gasteiger partial charge in [-0.2, -0.15) is 13.4 Å². The second-order valence-corrected chi connectivity index (χ2v) is 7.76. The lowest BCUT2D eigenvalue weighted by molar-refractivity contribution is -0.113. The smallest absolute Gasteiger partial charge is 0.339 e. The molecule has 2 N–H and O–H groups in total. The topological polar surface area (TPSA) is 108 Å². The number of methoxy groups -OCH3 is 1. The standard InChI is InChI=1S/C17H14N2O5S2/c1-23-12-5-7-14(8-6-12)26(21,22)24-13-4-2-3-11(9-13)10-15-16(20)19-17(18)25-15/h2-10H,1H3,(H2,18,19,20)/b15-10+. The molecule has 1 amide bonds. The Labute approximate surface area is 154 Å². The van der Waals surface area contributed by atoms with Crippen LogP contribution in [0.1, 0.15) is 5.56 Å². The average molecular weight is 390 g/mol. The minimum atomic E-state index is -3.99. The number of carbonyl (C=O) groups excluding carboxylic acids is 1. The van der Waals surface area contributed by atoms with Gasteiger partial charge in [0.15, 0.2) is 5.17 Å². The third kappa shape index (κ3) is 4.06. The Balaban J connectivity index is 1.82. The van der Waals surface area contributed by atoms with Gasteiger partial charge in [-0.1, -0.05) is 12.1 Å². The van der Waals surface area contributed by atoms with Gasteiger partial charge in [0.25, 0.3) is 5.91 Å². The van der Waals surface area contributed by atoms with E-state index in [1.807, 2.05) is 0 Å². The third-order valence-electron chi connectivity index (χ3n) is 3.35. The molecule has 0 aromatic heterocycles. The summed E-state index contributed by atoms with van der Waals surface area (Å²) in [6.07, 6.45) is 1.57. The molecular weight excluding hydrogens is 376 g/mol. The second kappa shape index (κ2) is 7.22. The molecule has 2 aromatic rings. The van der Waals surface area contributed by atoms with E-state index in [0.29, 0.717) is 16.2 Å². The zero-order valence-corrected chi connectivity index (χ0v) is 15.2. The predicted octanol–water partition coefficient (Wildman–Crippen LogP) is 2.39. The highest BCUT2D eigenvalue weighted by Crippen LogP contribution is 2.28. The summed E-state index contributed by atoms with van der Waals surface area (Å²) in [7, 11) is -2.50. The highest BCUT2D eigenvalue weighted by atomic mass is 32.2. The summed E-state index contributed by atoms with van der Waals surface area (Å²) < 4.78 is 34.9. The fraction of sp³-hybridized carbons (Fsp3) is 0.0588. The molecule has 0 bridgehead atoms. The van der Waals surface area contributed by atoms with Gasteiger partial charge in [0.1, 0.15) is 16.4 Å². The molecule has 2 aromatic carbocycles. The molecule has 0 atom stereocenters. The van der Waals surface area contributed by atoms with Crippen LogP contribution in [0.25, 0.3) is 6.08 Å². The molecule has 0 saturated carbocycles. The van der Waals surface area contributed by atoms with E-state index in [9.17, 15) is 13.2 Å². The zero-order valence-electron chi connectivity index (χ0n) is 13.6. The number of amides is 1. The number of hydrogen-bond acceptors (Lipinski definition) is 7. The molecule has 26 heavy (non-hydrogen) atoms. The van der Waals surface area contributed by atoms with E-state index in [4.69, 9.17) is 14.7 Å². The van der Waals surface area contributed by atoms with Gasteiger partial charge in [-0.05, 0) is 59.8 Å². The molecule has 9 heteroatoms. The van der Waals surface area contributed by atoms with Gasteiger partial charge >= 0.3 is 10.1 Å². The van der Waals surface area contributed by atoms with E-state index in [1.54, 1.807) is 18.2 Å². The van der Waals surface area contributed by atoms with E-state index >= 15 is 0 Å². The van der Waals surface area contributed by atoms with E-state index in [-0.39, 0.29) is 15.8 Å². The Hall–Kier alpha value is -2.78. The van der Waals surface area contributed by atoms with Gasteiger partial charge in [0, 0.05) is 0 Å². The van der Waals surface area contributed by atoms with Crippen molar-refractivity contribution in [3.63, 3.8) is 0 Å². The first kappa shape index (κ1) is 18.0. The molecule has 0 fully saturated rings. The van der Waals surface area contributed by atoms with Crippen molar-refractivity contribution in [3.05, 3.63) is 59.0 Å². The number of nitrogens with two attached hydrogens (primary N) is 1. The number of rotatable bonds is 5. The molecule has 0 spiro atoms. The number of amidine groups is 1. The minimum Gasteiger partial charge on any atom is -0.497 e. The molecule has 1 aliphatic heterocycles. The Kier molecular flexibility index (Phi) is 5.01. The lowest BCUT2D eigenvalue weighted by Crippen LogP contribution is -2.09. The zero-order chi connectivity index (χ0) is 18.7. The van der Waals surface area contributed by atoms with Gasteiger partial charge in [0.2, 0.25) is 0 Å². The summed E-state index contributed by atoms with van der Waals surface area (Å²) in [5.41, 5.74) is 6.10. The SMILES string of the molecule is COc1ccc(S(=O)(=O)Oc2cccc(/C=C3/SC(N)=NC3=O)c2)cc1. The maximum Gasteiger partial charge on any atom is 0.339 e. The molecule has 0 aliphatic carbocycles. The Bertz CT molecular complexity index is 1010. The van der Waals surface area contributed by atoms with Crippen molar-refractivity contribution in [2.24, 2.45) is 10.7 Å². The molecule has 0 saturated heterocycles. The quantitative estimate of drug-likeness (QED) is 0.617. The van der Waals surface area contributed by atoms with Crippen LogP contribution in [0.5, 0.6) is 11.5 Å². The number of hydrogen-bond donors (Lipinski definition) is 1. The summed E-state index contributed by atoms with van der Waals surface area (Å²) >= 11 is 1.06. The Morgan fingerprint density at radius 2 is 1.85 bits per heavy atom. The number of nitrogens with zero attached hydrogens (tertiary/aromatic N) is 1. The largest absolute Gasteiger partial charge is 0.497 e. The summed E-state index contributed by atoms with van der Waals surface area (Å²) in [5, 5.41) is 0.177. The lowest BCUT2D eigenvalue weighted by atomic mass is 10.2. The molecule has 0 unspecified atom stereocenters. The highest BCUT2D eigenvalue weighted by molar-refractivity contribution is 8.18. The van der Waals surface area contributed by atoms with Crippen LogP contribution in [-0.2, 0) is 14.9 Å². The average Bonchev–Trinajstić information content (AvgIpc) is 2.92. The highest BCUT2D eigenvalue weighted by Gasteiger charge is 2.20. The van der Waals surface area contributed by atoms with Gasteiger partial charge in [-0.3, -0.25) is 4.79 Å². The second-order valence-electron chi connectivity index (χ2n) is 5.15. The molecule has 134 valence electrons. The van der Waals surface area contributed by atoms with E-state index < -0.39 is 16.0 Å². The van der Waals surface area contributed by atoms with Crippen molar-refractivity contribution < 1.29 is 22.1 Å². The van der Waals surface area contributed by atoms with Gasteiger partial charge in [-0.25, -0.2) is 0 Å². The maximum atomic E-state index is 12.4. The molecule has 7 nitrogen and oxygen atoms in total. The Morgan fingerprint density at radius 1 is 1.12 bits per heavy atom. The van der Waals surface area contributed by atoms with Gasteiger partial charge < -0.3 is 14.7 Å². The van der Waals surface area contributed by atoms with Crippen molar-refractivity contribution in [3.8, 4) is 11.5 Å². The first-order valence-electron chi connectivity index (χ1n) is 7.34. The van der Waals surface area contributed by atoms with Crippen molar-refractivity contribution in [1.82, 2.24) is 0 Å². The summed E-state index contributed by atoms with van der Waals surface area (Å²) in [6, 6.07) is 12.2. The summed E-state index contributed by atoms with van der Waals surface area (Å²) in [5.74, 6) is 0.238. The van der Waals surface area contributed by atoms with Crippen LogP contribution in [-0.4, -0.2) is 26.6 Å². The van der Waals surface area contributed by atoms with Crippen LogP contribution in [0.4, 0.5) is 0 Å². The number of ether oxygens (including phenoxy) is 1. The van der Waals surface area contributed by atoms with Crippen molar-refractivity contribution >= 4 is 39.0 Å². The van der Waals surface area contributed by atoms with E-state index in [1.165, 1.54) is 43.5 Å². The fourth-order valence-electron chi connectivity index (χ4n) is 2.15. The van der Waals surface area contributed by atoms with Gasteiger partial charge in [0.05, 0.1) is 12.0 Å². The van der Waals surface area contributed by atoms with Crippen molar-refractivity contribution in [2.45, 2.75) is 4.90 Å². The number of thioether (sulfide) groups is 1. The molecule has 1 aliphatic rings. The molecule has 0 radical (unpaired) electrons. The number of benzene rings is 2. The van der Waals surface area contributed by atoms with Crippen LogP contribution >= 0.6 is 11.8 Å².